The predicted molar refractivity (Wildman–Crippen MR) is 198 cm³/mol. The molecule has 0 saturated heterocycles. The summed E-state index contributed by atoms with van der Waals surface area (Å²) in [6, 6.07) is 39.2. The third kappa shape index (κ3) is 4.02. The monoisotopic (exact) mass is 630 g/mol. The molecular formula is C44H30N4O. The van der Waals surface area contributed by atoms with Crippen LogP contribution < -0.4 is 4.90 Å². The smallest absolute Gasteiger partial charge is 0.146 e. The Morgan fingerprint density at radius 2 is 1.24 bits per heavy atom. The van der Waals surface area contributed by atoms with E-state index in [0.717, 1.165) is 61.3 Å². The zero-order chi connectivity index (χ0) is 32.7. The van der Waals surface area contributed by atoms with Gasteiger partial charge in [-0.1, -0.05) is 80.6 Å². The Morgan fingerprint density at radius 3 is 2.10 bits per heavy atom. The summed E-state index contributed by atoms with van der Waals surface area (Å²) in [5.41, 5.74) is 16.4. The number of benzene rings is 4. The Kier molecular flexibility index (Phi) is 5.85. The number of fused-ring (bicyclic) bond motifs is 9. The minimum Gasteiger partial charge on any atom is -0.455 e. The highest BCUT2D eigenvalue weighted by molar-refractivity contribution is 6.14. The Morgan fingerprint density at radius 1 is 0.551 bits per heavy atom. The van der Waals surface area contributed by atoms with Crippen LogP contribution in [-0.2, 0) is 5.41 Å². The molecule has 0 atom stereocenters. The molecule has 5 nitrogen and oxygen atoms in total. The van der Waals surface area contributed by atoms with Gasteiger partial charge < -0.3 is 9.32 Å². The van der Waals surface area contributed by atoms with E-state index in [4.69, 9.17) is 9.40 Å². The molecule has 10 rings (SSSR count). The predicted octanol–water partition coefficient (Wildman–Crippen LogP) is 11.1. The molecule has 0 bridgehead atoms. The Labute approximate surface area is 283 Å². The molecule has 5 heterocycles. The number of aromatic nitrogens is 3. The van der Waals surface area contributed by atoms with E-state index in [0.29, 0.717) is 0 Å². The molecule has 1 aliphatic carbocycles. The first kappa shape index (κ1) is 27.8. The number of hydrogen-bond acceptors (Lipinski definition) is 5. The van der Waals surface area contributed by atoms with E-state index in [1.54, 1.807) is 6.20 Å². The second-order valence-electron chi connectivity index (χ2n) is 13.3. The van der Waals surface area contributed by atoms with E-state index in [1.807, 2.05) is 37.1 Å². The normalized spacial score (nSPS) is 14.4. The van der Waals surface area contributed by atoms with Crippen molar-refractivity contribution >= 4 is 50.1 Å². The topological polar surface area (TPSA) is 55.1 Å². The number of para-hydroxylation sites is 2. The van der Waals surface area contributed by atoms with Crippen molar-refractivity contribution in [3.05, 3.63) is 169 Å². The summed E-state index contributed by atoms with van der Waals surface area (Å²) in [6.07, 6.45) is 11.4. The lowest BCUT2D eigenvalue weighted by Gasteiger charge is -2.31. The SMILES string of the molecule is CC1(C)C2=C(c3ccccc3N(c3cc(-c4ccccc4)cc(-c4cncc5c4oc4ccncc45)c3)c3ccccc32)c2ccncc21. The van der Waals surface area contributed by atoms with Gasteiger partial charge in [-0.3, -0.25) is 15.0 Å². The van der Waals surface area contributed by atoms with Gasteiger partial charge in [0.05, 0.1) is 11.4 Å². The summed E-state index contributed by atoms with van der Waals surface area (Å²) in [5, 5.41) is 1.91. The van der Waals surface area contributed by atoms with Crippen LogP contribution in [0.15, 0.2) is 151 Å². The molecule has 1 aliphatic heterocycles. The van der Waals surface area contributed by atoms with Gasteiger partial charge >= 0.3 is 0 Å². The fourth-order valence-corrected chi connectivity index (χ4v) is 8.04. The van der Waals surface area contributed by atoms with Crippen molar-refractivity contribution in [1.29, 1.82) is 0 Å². The third-order valence-corrected chi connectivity index (χ3v) is 10.2. The molecule has 232 valence electrons. The maximum Gasteiger partial charge on any atom is 0.146 e. The quantitative estimate of drug-likeness (QED) is 0.194. The average molecular weight is 631 g/mol. The van der Waals surface area contributed by atoms with Crippen LogP contribution in [0.4, 0.5) is 17.1 Å². The highest BCUT2D eigenvalue weighted by atomic mass is 16.3. The molecule has 0 N–H and O–H groups in total. The molecule has 0 saturated carbocycles. The maximum absolute atomic E-state index is 6.50. The standard InChI is InChI=1S/C44H30N4O/c1-44(2)37-26-46-18-16-31(37)41-32-12-6-8-14-38(32)48(39-15-9-7-13-33(39)42(41)44)30-21-28(27-10-4-3-5-11-27)20-29(22-30)34-23-47-25-36-35-24-45-19-17-40(35)49-43(34)36/h3-26H,1-2H3. The highest BCUT2D eigenvalue weighted by Crippen LogP contribution is 2.59. The highest BCUT2D eigenvalue weighted by Gasteiger charge is 2.43. The number of furan rings is 1. The number of nitrogens with zero attached hydrogens (tertiary/aromatic N) is 4. The largest absolute Gasteiger partial charge is 0.455 e. The molecule has 4 aromatic heterocycles. The number of anilines is 3. The molecule has 2 aliphatic rings. The van der Waals surface area contributed by atoms with E-state index >= 15 is 0 Å². The van der Waals surface area contributed by atoms with Gasteiger partial charge in [0.2, 0.25) is 0 Å². The van der Waals surface area contributed by atoms with Gasteiger partial charge in [-0.05, 0) is 81.4 Å². The number of hydrogen-bond donors (Lipinski definition) is 0. The van der Waals surface area contributed by atoms with E-state index in [2.05, 4.69) is 132 Å². The van der Waals surface area contributed by atoms with Crippen molar-refractivity contribution in [2.45, 2.75) is 19.3 Å². The van der Waals surface area contributed by atoms with Gasteiger partial charge in [-0.15, -0.1) is 0 Å². The summed E-state index contributed by atoms with van der Waals surface area (Å²) in [5.74, 6) is 0. The van der Waals surface area contributed by atoms with Crippen molar-refractivity contribution in [1.82, 2.24) is 15.0 Å². The van der Waals surface area contributed by atoms with E-state index < -0.39 is 0 Å². The first-order valence-corrected chi connectivity index (χ1v) is 16.6. The molecule has 4 aromatic carbocycles. The molecule has 49 heavy (non-hydrogen) atoms. The molecule has 0 fully saturated rings. The van der Waals surface area contributed by atoms with Crippen LogP contribution in [-0.4, -0.2) is 15.0 Å². The molecule has 0 spiro atoms. The van der Waals surface area contributed by atoms with Crippen LogP contribution in [0.5, 0.6) is 0 Å². The van der Waals surface area contributed by atoms with Gasteiger partial charge in [0.25, 0.3) is 0 Å². The van der Waals surface area contributed by atoms with Crippen molar-refractivity contribution in [3.8, 4) is 22.3 Å². The van der Waals surface area contributed by atoms with Crippen molar-refractivity contribution in [2.24, 2.45) is 0 Å². The fraction of sp³-hybridized carbons (Fsp3) is 0.0682. The fourth-order valence-electron chi connectivity index (χ4n) is 8.04. The van der Waals surface area contributed by atoms with Gasteiger partial charge in [-0.25, -0.2) is 0 Å². The summed E-state index contributed by atoms with van der Waals surface area (Å²) in [6.45, 7) is 4.66. The van der Waals surface area contributed by atoms with Crippen LogP contribution in [0.3, 0.4) is 0 Å². The summed E-state index contributed by atoms with van der Waals surface area (Å²) in [7, 11) is 0. The lowest BCUT2D eigenvalue weighted by molar-refractivity contribution is 0.669. The number of allylic oxidation sites excluding steroid dienone is 1. The molecular weight excluding hydrogens is 601 g/mol. The molecule has 8 aromatic rings. The second kappa shape index (κ2) is 10.3. The van der Waals surface area contributed by atoms with E-state index in [9.17, 15) is 0 Å². The van der Waals surface area contributed by atoms with Gasteiger partial charge in [0, 0.05) is 75.7 Å². The Balaban J connectivity index is 1.28. The van der Waals surface area contributed by atoms with E-state index in [1.165, 1.54) is 33.4 Å². The van der Waals surface area contributed by atoms with Gasteiger partial charge in [0.15, 0.2) is 0 Å². The molecule has 5 heteroatoms. The van der Waals surface area contributed by atoms with Crippen LogP contribution in [0, 0.1) is 0 Å². The van der Waals surface area contributed by atoms with E-state index in [-0.39, 0.29) is 5.41 Å². The summed E-state index contributed by atoms with van der Waals surface area (Å²) < 4.78 is 6.50. The average Bonchev–Trinajstić information content (AvgIpc) is 3.59. The van der Waals surface area contributed by atoms with Crippen molar-refractivity contribution < 1.29 is 4.42 Å². The molecule has 0 amide bonds. The minimum atomic E-state index is -0.243. The van der Waals surface area contributed by atoms with Crippen LogP contribution in [0.2, 0.25) is 0 Å². The number of pyridine rings is 3. The molecule has 0 radical (unpaired) electrons. The van der Waals surface area contributed by atoms with Crippen molar-refractivity contribution in [3.63, 3.8) is 0 Å². The summed E-state index contributed by atoms with van der Waals surface area (Å²) in [4.78, 5) is 16.1. The first-order chi connectivity index (χ1) is 24.1. The number of rotatable bonds is 3. The second-order valence-corrected chi connectivity index (χ2v) is 13.3. The van der Waals surface area contributed by atoms with Crippen LogP contribution >= 0.6 is 0 Å². The Bertz CT molecular complexity index is 2650. The summed E-state index contributed by atoms with van der Waals surface area (Å²) >= 11 is 0. The molecule has 0 unspecified atom stereocenters. The lowest BCUT2D eigenvalue weighted by atomic mass is 9.78. The van der Waals surface area contributed by atoms with Crippen LogP contribution in [0.1, 0.15) is 36.1 Å². The van der Waals surface area contributed by atoms with Gasteiger partial charge in [-0.2, -0.15) is 0 Å². The zero-order valence-electron chi connectivity index (χ0n) is 27.1. The first-order valence-electron chi connectivity index (χ1n) is 16.6. The Hall–Kier alpha value is -6.33. The van der Waals surface area contributed by atoms with Crippen LogP contribution in [0.25, 0.3) is 55.3 Å². The lowest BCUT2D eigenvalue weighted by Crippen LogP contribution is -2.18. The van der Waals surface area contributed by atoms with Crippen molar-refractivity contribution in [2.75, 3.05) is 4.90 Å². The maximum atomic E-state index is 6.50. The minimum absolute atomic E-state index is 0.243. The van der Waals surface area contributed by atoms with Gasteiger partial charge in [0.1, 0.15) is 11.2 Å². The zero-order valence-corrected chi connectivity index (χ0v) is 27.1. The third-order valence-electron chi connectivity index (χ3n) is 10.2.